The number of ether oxygens (including phenoxy) is 1. The minimum absolute atomic E-state index is 0.170. The highest BCUT2D eigenvalue weighted by atomic mass is 16.5. The van der Waals surface area contributed by atoms with Gasteiger partial charge in [-0.2, -0.15) is 0 Å². The van der Waals surface area contributed by atoms with E-state index in [1.165, 1.54) is 7.11 Å². The van der Waals surface area contributed by atoms with Gasteiger partial charge in [0.25, 0.3) is 0 Å². The van der Waals surface area contributed by atoms with Crippen LogP contribution in [0.5, 0.6) is 0 Å². The van der Waals surface area contributed by atoms with E-state index in [4.69, 9.17) is 5.73 Å². The van der Waals surface area contributed by atoms with Gasteiger partial charge in [0.2, 0.25) is 0 Å². The van der Waals surface area contributed by atoms with Gasteiger partial charge in [-0.05, 0) is 30.6 Å². The molecule has 5 atom stereocenters. The summed E-state index contributed by atoms with van der Waals surface area (Å²) >= 11 is 0. The molecule has 0 bridgehead atoms. The Bertz CT molecular complexity index is 219. The van der Waals surface area contributed by atoms with Gasteiger partial charge in [-0.15, -0.1) is 0 Å². The van der Waals surface area contributed by atoms with Crippen molar-refractivity contribution >= 4 is 5.97 Å². The molecule has 2 rings (SSSR count). The molecule has 3 N–H and O–H groups in total. The summed E-state index contributed by atoms with van der Waals surface area (Å²) in [6.45, 7) is 0. The van der Waals surface area contributed by atoms with E-state index in [1.807, 2.05) is 0 Å². The smallest absolute Gasteiger partial charge is 0.322 e. The predicted octanol–water partition coefficient (Wildman–Crippen LogP) is -0.496. The van der Waals surface area contributed by atoms with Crippen LogP contribution in [0.3, 0.4) is 0 Å². The largest absolute Gasteiger partial charge is 0.468 e. The van der Waals surface area contributed by atoms with E-state index >= 15 is 0 Å². The third-order valence-electron chi connectivity index (χ3n) is 3.37. The Morgan fingerprint density at radius 1 is 1.54 bits per heavy atom. The first-order valence-electron chi connectivity index (χ1n) is 4.66. The summed E-state index contributed by atoms with van der Waals surface area (Å²) < 4.78 is 4.58. The fourth-order valence-corrected chi connectivity index (χ4v) is 2.69. The maximum atomic E-state index is 11.1. The Kier molecular flexibility index (Phi) is 2.04. The van der Waals surface area contributed by atoms with E-state index in [9.17, 15) is 9.90 Å². The second-order valence-electron chi connectivity index (χ2n) is 4.08. The van der Waals surface area contributed by atoms with Crippen LogP contribution in [0, 0.1) is 17.8 Å². The monoisotopic (exact) mass is 185 g/mol. The molecule has 0 aromatic rings. The number of rotatable bonds is 2. The van der Waals surface area contributed by atoms with E-state index in [0.29, 0.717) is 11.8 Å². The number of aliphatic hydroxyl groups excluding tert-OH is 1. The Labute approximate surface area is 77.1 Å². The van der Waals surface area contributed by atoms with Gasteiger partial charge >= 0.3 is 5.97 Å². The second-order valence-corrected chi connectivity index (χ2v) is 4.08. The van der Waals surface area contributed by atoms with E-state index in [0.717, 1.165) is 12.8 Å². The van der Waals surface area contributed by atoms with E-state index in [1.54, 1.807) is 0 Å². The van der Waals surface area contributed by atoms with Crippen molar-refractivity contribution in [3.8, 4) is 0 Å². The molecule has 0 radical (unpaired) electrons. The molecule has 0 heterocycles. The van der Waals surface area contributed by atoms with Crippen LogP contribution in [-0.4, -0.2) is 30.3 Å². The number of aliphatic hydroxyl groups is 1. The standard InChI is InChI=1S/C9H15NO3/c1-13-9(12)8(10)7-5-2-4(11)3-6(5)7/h4-8,11H,2-3,10H2,1H3/t4?,5-,6+,7+,8?. The zero-order valence-corrected chi connectivity index (χ0v) is 7.64. The summed E-state index contributed by atoms with van der Waals surface area (Å²) in [4.78, 5) is 11.1. The molecule has 13 heavy (non-hydrogen) atoms. The molecule has 4 heteroatoms. The molecule has 2 saturated carbocycles. The number of fused-ring (bicyclic) bond motifs is 1. The molecule has 2 fully saturated rings. The van der Waals surface area contributed by atoms with Crippen molar-refractivity contribution in [3.63, 3.8) is 0 Å². The van der Waals surface area contributed by atoms with Crippen molar-refractivity contribution < 1.29 is 14.6 Å². The molecule has 2 aliphatic carbocycles. The molecular formula is C9H15NO3. The van der Waals surface area contributed by atoms with Gasteiger partial charge < -0.3 is 15.6 Å². The number of carbonyl (C=O) groups is 1. The van der Waals surface area contributed by atoms with Crippen LogP contribution in [0.1, 0.15) is 12.8 Å². The summed E-state index contributed by atoms with van der Waals surface area (Å²) in [5.74, 6) is 0.859. The van der Waals surface area contributed by atoms with Crippen molar-refractivity contribution in [2.45, 2.75) is 25.0 Å². The topological polar surface area (TPSA) is 72.5 Å². The summed E-state index contributed by atoms with van der Waals surface area (Å²) in [6, 6.07) is -0.479. The normalized spacial score (nSPS) is 43.9. The number of hydrogen-bond acceptors (Lipinski definition) is 4. The second kappa shape index (κ2) is 2.96. The van der Waals surface area contributed by atoms with E-state index < -0.39 is 6.04 Å². The quantitative estimate of drug-likeness (QED) is 0.569. The summed E-state index contributed by atoms with van der Waals surface area (Å²) in [7, 11) is 1.36. The minimum Gasteiger partial charge on any atom is -0.468 e. The fraction of sp³-hybridized carbons (Fsp3) is 0.889. The molecule has 0 aromatic carbocycles. The lowest BCUT2D eigenvalue weighted by molar-refractivity contribution is -0.143. The SMILES string of the molecule is COC(=O)C(N)[C@H]1[C@@H]2CC(O)C[C@@H]21. The Morgan fingerprint density at radius 2 is 2.08 bits per heavy atom. The average Bonchev–Trinajstić information content (AvgIpc) is 2.62. The van der Waals surface area contributed by atoms with Crippen LogP contribution in [0.25, 0.3) is 0 Å². The van der Waals surface area contributed by atoms with Crippen LogP contribution in [-0.2, 0) is 9.53 Å². The molecule has 2 unspecified atom stereocenters. The van der Waals surface area contributed by atoms with Crippen molar-refractivity contribution in [1.82, 2.24) is 0 Å². The average molecular weight is 185 g/mol. The number of hydrogen-bond donors (Lipinski definition) is 2. The Morgan fingerprint density at radius 3 is 2.54 bits per heavy atom. The molecule has 0 saturated heterocycles. The lowest BCUT2D eigenvalue weighted by Gasteiger charge is -2.12. The highest BCUT2D eigenvalue weighted by molar-refractivity contribution is 5.76. The first kappa shape index (κ1) is 8.97. The molecule has 0 aliphatic heterocycles. The van der Waals surface area contributed by atoms with Crippen molar-refractivity contribution in [1.29, 1.82) is 0 Å². The summed E-state index contributed by atoms with van der Waals surface area (Å²) in [6.07, 6.45) is 1.44. The van der Waals surface area contributed by atoms with Gasteiger partial charge in [0.05, 0.1) is 13.2 Å². The maximum Gasteiger partial charge on any atom is 0.322 e. The van der Waals surface area contributed by atoms with Gasteiger partial charge in [-0.1, -0.05) is 0 Å². The molecule has 0 aromatic heterocycles. The molecule has 74 valence electrons. The highest BCUT2D eigenvalue weighted by Crippen LogP contribution is 2.58. The number of methoxy groups -OCH3 is 1. The summed E-state index contributed by atoms with van der Waals surface area (Å²) in [5.41, 5.74) is 5.71. The molecule has 4 nitrogen and oxygen atoms in total. The number of carbonyl (C=O) groups excluding carboxylic acids is 1. The highest BCUT2D eigenvalue weighted by Gasteiger charge is 2.59. The Hall–Kier alpha value is -0.610. The van der Waals surface area contributed by atoms with Gasteiger partial charge in [0.15, 0.2) is 0 Å². The molecule has 0 spiro atoms. The minimum atomic E-state index is -0.479. The summed E-state index contributed by atoms with van der Waals surface area (Å²) in [5, 5.41) is 9.27. The third kappa shape index (κ3) is 1.34. The molecular weight excluding hydrogens is 170 g/mol. The first-order valence-corrected chi connectivity index (χ1v) is 4.66. The van der Waals surface area contributed by atoms with Crippen LogP contribution >= 0.6 is 0 Å². The van der Waals surface area contributed by atoms with Gasteiger partial charge in [-0.25, -0.2) is 0 Å². The number of nitrogens with two attached hydrogens (primary N) is 1. The van der Waals surface area contributed by atoms with Crippen LogP contribution < -0.4 is 5.73 Å². The Balaban J connectivity index is 1.90. The van der Waals surface area contributed by atoms with E-state index in [-0.39, 0.29) is 18.0 Å². The zero-order valence-electron chi connectivity index (χ0n) is 7.64. The van der Waals surface area contributed by atoms with Crippen LogP contribution in [0.2, 0.25) is 0 Å². The van der Waals surface area contributed by atoms with Crippen LogP contribution in [0.15, 0.2) is 0 Å². The maximum absolute atomic E-state index is 11.1. The third-order valence-corrected chi connectivity index (χ3v) is 3.37. The fourth-order valence-electron chi connectivity index (χ4n) is 2.69. The van der Waals surface area contributed by atoms with Crippen molar-refractivity contribution in [3.05, 3.63) is 0 Å². The molecule has 0 amide bonds. The molecule has 2 aliphatic rings. The lowest BCUT2D eigenvalue weighted by Crippen LogP contribution is -2.35. The predicted molar refractivity (Wildman–Crippen MR) is 45.7 cm³/mol. The van der Waals surface area contributed by atoms with Crippen molar-refractivity contribution in [2.75, 3.05) is 7.11 Å². The lowest BCUT2D eigenvalue weighted by atomic mass is 10.0. The van der Waals surface area contributed by atoms with Crippen molar-refractivity contribution in [2.24, 2.45) is 23.5 Å². The van der Waals surface area contributed by atoms with Gasteiger partial charge in [-0.3, -0.25) is 4.79 Å². The first-order chi connectivity index (χ1) is 6.15. The zero-order chi connectivity index (χ0) is 9.59. The van der Waals surface area contributed by atoms with Gasteiger partial charge in [0.1, 0.15) is 6.04 Å². The van der Waals surface area contributed by atoms with Gasteiger partial charge in [0, 0.05) is 0 Å². The van der Waals surface area contributed by atoms with E-state index in [2.05, 4.69) is 4.74 Å². The van der Waals surface area contributed by atoms with Crippen LogP contribution in [0.4, 0.5) is 0 Å². The number of esters is 1.